The van der Waals surface area contributed by atoms with Crippen molar-refractivity contribution in [2.75, 3.05) is 11.9 Å². The van der Waals surface area contributed by atoms with Crippen LogP contribution in [0.5, 0.6) is 0 Å². The van der Waals surface area contributed by atoms with E-state index in [-0.39, 0.29) is 18.4 Å². The Morgan fingerprint density at radius 3 is 2.61 bits per heavy atom. The van der Waals surface area contributed by atoms with Gasteiger partial charge in [0.05, 0.1) is 17.4 Å². The highest BCUT2D eigenvalue weighted by Gasteiger charge is 2.23. The second-order valence-corrected chi connectivity index (χ2v) is 5.84. The lowest BCUT2D eigenvalue weighted by molar-refractivity contribution is -0.124. The summed E-state index contributed by atoms with van der Waals surface area (Å²) in [5.41, 5.74) is 4.21. The second kappa shape index (κ2) is 7.50. The van der Waals surface area contributed by atoms with Crippen LogP contribution in [0.15, 0.2) is 12.1 Å². The topological polar surface area (TPSA) is 81.4 Å². The van der Waals surface area contributed by atoms with E-state index < -0.39 is 29.0 Å². The Bertz CT molecular complexity index is 607. The Morgan fingerprint density at radius 2 is 1.96 bits per heavy atom. The molecule has 1 saturated carbocycles. The highest BCUT2D eigenvalue weighted by molar-refractivity contribution is 5.96. The van der Waals surface area contributed by atoms with Gasteiger partial charge in [0, 0.05) is 6.07 Å². The molecule has 2 atom stereocenters. The molecule has 0 aromatic heterocycles. The number of hydrogen-bond acceptors (Lipinski definition) is 3. The molecule has 0 saturated heterocycles. The van der Waals surface area contributed by atoms with Crippen molar-refractivity contribution in [1.82, 2.24) is 0 Å². The molecule has 5 nitrogen and oxygen atoms in total. The highest BCUT2D eigenvalue weighted by Crippen LogP contribution is 2.26. The predicted molar refractivity (Wildman–Crippen MR) is 80.9 cm³/mol. The first-order valence-corrected chi connectivity index (χ1v) is 7.58. The molecule has 126 valence electrons. The van der Waals surface area contributed by atoms with Crippen LogP contribution in [-0.2, 0) is 9.53 Å². The summed E-state index contributed by atoms with van der Waals surface area (Å²) in [5.74, 6) is -3.28. The lowest BCUT2D eigenvalue weighted by Crippen LogP contribution is -2.30. The molecule has 0 spiro atoms. The highest BCUT2D eigenvalue weighted by atomic mass is 19.1. The minimum atomic E-state index is -1.07. The van der Waals surface area contributed by atoms with Crippen molar-refractivity contribution in [1.29, 1.82) is 0 Å². The molecule has 0 unspecified atom stereocenters. The third kappa shape index (κ3) is 4.48. The van der Waals surface area contributed by atoms with E-state index in [1.807, 2.05) is 0 Å². The fourth-order valence-electron chi connectivity index (χ4n) is 2.73. The normalized spacial score (nSPS) is 21.0. The molecule has 3 N–H and O–H groups in total. The quantitative estimate of drug-likeness (QED) is 0.872. The number of carbonyl (C=O) groups is 2. The number of benzene rings is 1. The summed E-state index contributed by atoms with van der Waals surface area (Å²) in [4.78, 5) is 22.9. The number of hydrogen-bond donors (Lipinski definition) is 2. The third-order valence-electron chi connectivity index (χ3n) is 4.06. The predicted octanol–water partition coefficient (Wildman–Crippen LogP) is 2.60. The average molecular weight is 326 g/mol. The SMILES string of the molecule is C[C@H]1CCCC[C@@H]1OCC(=O)Nc1cc(C(N)=O)c(F)cc1F. The Hall–Kier alpha value is -2.02. The van der Waals surface area contributed by atoms with E-state index in [9.17, 15) is 18.4 Å². The van der Waals surface area contributed by atoms with Crippen LogP contribution < -0.4 is 11.1 Å². The second-order valence-electron chi connectivity index (χ2n) is 5.84. The summed E-state index contributed by atoms with van der Waals surface area (Å²) in [6.45, 7) is 1.85. The van der Waals surface area contributed by atoms with Crippen LogP contribution in [0, 0.1) is 17.6 Å². The number of carbonyl (C=O) groups excluding carboxylic acids is 2. The molecule has 1 aromatic carbocycles. The molecule has 7 heteroatoms. The van der Waals surface area contributed by atoms with E-state index in [2.05, 4.69) is 12.2 Å². The van der Waals surface area contributed by atoms with Crippen LogP contribution in [0.1, 0.15) is 43.0 Å². The van der Waals surface area contributed by atoms with Crippen molar-refractivity contribution in [3.8, 4) is 0 Å². The van der Waals surface area contributed by atoms with Crippen LogP contribution in [0.3, 0.4) is 0 Å². The van der Waals surface area contributed by atoms with Gasteiger partial charge in [0.1, 0.15) is 18.2 Å². The van der Waals surface area contributed by atoms with Gasteiger partial charge in [0.25, 0.3) is 5.91 Å². The third-order valence-corrected chi connectivity index (χ3v) is 4.06. The number of anilines is 1. The van der Waals surface area contributed by atoms with E-state index in [0.29, 0.717) is 12.0 Å². The van der Waals surface area contributed by atoms with Crippen LogP contribution in [0.2, 0.25) is 0 Å². The first kappa shape index (κ1) is 17.3. The summed E-state index contributed by atoms with van der Waals surface area (Å²) in [6.07, 6.45) is 4.18. The molecule has 1 fully saturated rings. The van der Waals surface area contributed by atoms with Crippen LogP contribution in [-0.4, -0.2) is 24.5 Å². The van der Waals surface area contributed by atoms with Gasteiger partial charge in [-0.15, -0.1) is 0 Å². The summed E-state index contributed by atoms with van der Waals surface area (Å²) >= 11 is 0. The minimum Gasteiger partial charge on any atom is -0.368 e. The first-order valence-electron chi connectivity index (χ1n) is 7.58. The summed E-state index contributed by atoms with van der Waals surface area (Å²) in [5, 5.41) is 2.27. The molecule has 1 aliphatic rings. The number of amides is 2. The van der Waals surface area contributed by atoms with Crippen molar-refractivity contribution in [3.05, 3.63) is 29.3 Å². The molecular weight excluding hydrogens is 306 g/mol. The number of nitrogens with one attached hydrogen (secondary N) is 1. The Balaban J connectivity index is 1.97. The summed E-state index contributed by atoms with van der Waals surface area (Å²) < 4.78 is 32.6. The van der Waals surface area contributed by atoms with Gasteiger partial charge in [0.15, 0.2) is 0 Å². The van der Waals surface area contributed by atoms with Crippen molar-refractivity contribution in [2.45, 2.75) is 38.7 Å². The van der Waals surface area contributed by atoms with Gasteiger partial charge in [0.2, 0.25) is 5.91 Å². The minimum absolute atomic E-state index is 0.00810. The zero-order valence-electron chi connectivity index (χ0n) is 12.9. The smallest absolute Gasteiger partial charge is 0.251 e. The lowest BCUT2D eigenvalue weighted by atomic mass is 9.88. The largest absolute Gasteiger partial charge is 0.368 e. The van der Waals surface area contributed by atoms with Crippen molar-refractivity contribution >= 4 is 17.5 Å². The van der Waals surface area contributed by atoms with Crippen molar-refractivity contribution < 1.29 is 23.1 Å². The van der Waals surface area contributed by atoms with Crippen molar-refractivity contribution in [2.24, 2.45) is 11.7 Å². The summed E-state index contributed by atoms with van der Waals surface area (Å²) in [6, 6.07) is 1.40. The van der Waals surface area contributed by atoms with E-state index in [1.165, 1.54) is 0 Å². The van der Waals surface area contributed by atoms with Gasteiger partial charge in [-0.2, -0.15) is 0 Å². The van der Waals surface area contributed by atoms with Gasteiger partial charge >= 0.3 is 0 Å². The molecular formula is C16H20F2N2O3. The molecule has 0 radical (unpaired) electrons. The molecule has 2 rings (SSSR count). The molecule has 1 aliphatic carbocycles. The lowest BCUT2D eigenvalue weighted by Gasteiger charge is -2.28. The van der Waals surface area contributed by atoms with E-state index in [0.717, 1.165) is 31.7 Å². The van der Waals surface area contributed by atoms with Gasteiger partial charge < -0.3 is 15.8 Å². The fraction of sp³-hybridized carbons (Fsp3) is 0.500. The van der Waals surface area contributed by atoms with E-state index in [1.54, 1.807) is 0 Å². The van der Waals surface area contributed by atoms with Crippen LogP contribution in [0.4, 0.5) is 14.5 Å². The van der Waals surface area contributed by atoms with E-state index >= 15 is 0 Å². The Kier molecular flexibility index (Phi) is 5.65. The summed E-state index contributed by atoms with van der Waals surface area (Å²) in [7, 11) is 0. The Labute approximate surface area is 133 Å². The maximum atomic E-state index is 13.7. The number of primary amides is 1. The van der Waals surface area contributed by atoms with Gasteiger partial charge in [-0.25, -0.2) is 8.78 Å². The Morgan fingerprint density at radius 1 is 1.26 bits per heavy atom. The molecule has 0 bridgehead atoms. The number of nitrogens with two attached hydrogens (primary N) is 1. The average Bonchev–Trinajstić information content (AvgIpc) is 2.49. The number of ether oxygens (including phenoxy) is 1. The molecule has 0 aliphatic heterocycles. The van der Waals surface area contributed by atoms with Crippen LogP contribution in [0.25, 0.3) is 0 Å². The van der Waals surface area contributed by atoms with Gasteiger partial charge in [-0.05, 0) is 24.8 Å². The van der Waals surface area contributed by atoms with Gasteiger partial charge in [-0.1, -0.05) is 19.8 Å². The molecule has 23 heavy (non-hydrogen) atoms. The fourth-order valence-corrected chi connectivity index (χ4v) is 2.73. The number of halogens is 2. The zero-order valence-corrected chi connectivity index (χ0v) is 12.9. The van der Waals surface area contributed by atoms with E-state index in [4.69, 9.17) is 10.5 Å². The molecule has 2 amide bonds. The zero-order chi connectivity index (χ0) is 17.0. The van der Waals surface area contributed by atoms with Gasteiger partial charge in [-0.3, -0.25) is 9.59 Å². The monoisotopic (exact) mass is 326 g/mol. The maximum absolute atomic E-state index is 13.7. The molecule has 1 aromatic rings. The number of rotatable bonds is 5. The van der Waals surface area contributed by atoms with Crippen molar-refractivity contribution in [3.63, 3.8) is 0 Å². The molecule has 0 heterocycles. The first-order chi connectivity index (χ1) is 10.9. The van der Waals surface area contributed by atoms with Crippen LogP contribution >= 0.6 is 0 Å². The standard InChI is InChI=1S/C16H20F2N2O3/c1-9-4-2-3-5-14(9)23-8-15(21)20-13-6-10(16(19)22)11(17)7-12(13)18/h6-7,9,14H,2-5,8H2,1H3,(H2,19,22)(H,20,21)/t9-,14-/m0/s1. The maximum Gasteiger partial charge on any atom is 0.251 e.